The molecule has 152 valence electrons. The Bertz CT molecular complexity index is 751. The molecule has 5 heteroatoms. The van der Waals surface area contributed by atoms with E-state index in [1.807, 2.05) is 18.2 Å². The average molecular weight is 386 g/mol. The van der Waals surface area contributed by atoms with Crippen molar-refractivity contribution in [2.75, 3.05) is 20.3 Å². The highest BCUT2D eigenvalue weighted by Crippen LogP contribution is 2.47. The van der Waals surface area contributed by atoms with Crippen LogP contribution >= 0.6 is 0 Å². The summed E-state index contributed by atoms with van der Waals surface area (Å²) in [5, 5.41) is 12.5. The first-order chi connectivity index (χ1) is 13.6. The Morgan fingerprint density at radius 3 is 2.75 bits per heavy atom. The van der Waals surface area contributed by atoms with Gasteiger partial charge in [0, 0.05) is 5.92 Å². The Labute approximate surface area is 167 Å². The third kappa shape index (κ3) is 3.90. The average Bonchev–Trinajstić information content (AvgIpc) is 3.36. The minimum atomic E-state index is -0.799. The van der Waals surface area contributed by atoms with Gasteiger partial charge in [0.1, 0.15) is 12.6 Å². The van der Waals surface area contributed by atoms with Gasteiger partial charge >= 0.3 is 5.97 Å². The Hall–Kier alpha value is -2.01. The van der Waals surface area contributed by atoms with Crippen molar-refractivity contribution < 1.29 is 19.4 Å². The third-order valence-electron chi connectivity index (χ3n) is 6.80. The molecule has 4 rings (SSSR count). The lowest BCUT2D eigenvalue weighted by molar-refractivity contribution is -0.139. The molecule has 2 aliphatic carbocycles. The highest BCUT2D eigenvalue weighted by molar-refractivity contribution is 5.75. The van der Waals surface area contributed by atoms with Gasteiger partial charge in [-0.2, -0.15) is 0 Å². The number of methoxy groups -OCH3 is 1. The molecule has 1 unspecified atom stereocenters. The van der Waals surface area contributed by atoms with Crippen LogP contribution in [-0.2, 0) is 4.79 Å². The van der Waals surface area contributed by atoms with Crippen LogP contribution in [-0.4, -0.2) is 37.4 Å². The molecule has 28 heavy (non-hydrogen) atoms. The van der Waals surface area contributed by atoms with E-state index in [9.17, 15) is 9.90 Å². The monoisotopic (exact) mass is 385 g/mol. The van der Waals surface area contributed by atoms with E-state index in [0.29, 0.717) is 17.8 Å². The second-order valence-electron chi connectivity index (χ2n) is 8.59. The van der Waals surface area contributed by atoms with E-state index in [1.54, 1.807) is 7.11 Å². The summed E-state index contributed by atoms with van der Waals surface area (Å²) < 4.78 is 11.7. The first-order valence-electron chi connectivity index (χ1n) is 10.6. The molecule has 5 nitrogen and oxygen atoms in total. The zero-order chi connectivity index (χ0) is 19.6. The molecule has 2 fully saturated rings. The molecule has 1 spiro atoms. The van der Waals surface area contributed by atoms with Crippen molar-refractivity contribution in [2.45, 2.75) is 63.3 Å². The highest BCUT2D eigenvalue weighted by atomic mass is 16.5. The van der Waals surface area contributed by atoms with Crippen LogP contribution in [0.4, 0.5) is 0 Å². The number of hydrogen-bond acceptors (Lipinski definition) is 4. The summed E-state index contributed by atoms with van der Waals surface area (Å²) in [6, 6.07) is 5.32. The van der Waals surface area contributed by atoms with E-state index in [2.05, 4.69) is 11.4 Å². The molecule has 1 saturated heterocycles. The molecular weight excluding hydrogens is 354 g/mol. The fourth-order valence-corrected chi connectivity index (χ4v) is 5.36. The molecule has 0 radical (unpaired) electrons. The van der Waals surface area contributed by atoms with Crippen LogP contribution in [0.2, 0.25) is 0 Å². The van der Waals surface area contributed by atoms with Gasteiger partial charge in [-0.1, -0.05) is 25.0 Å². The molecule has 1 heterocycles. The maximum atomic E-state index is 11.5. The van der Waals surface area contributed by atoms with E-state index in [0.717, 1.165) is 30.7 Å². The van der Waals surface area contributed by atoms with Crippen molar-refractivity contribution in [1.29, 1.82) is 0 Å². The lowest BCUT2D eigenvalue weighted by Gasteiger charge is -2.31. The van der Waals surface area contributed by atoms with E-state index < -0.39 is 12.0 Å². The fourth-order valence-electron chi connectivity index (χ4n) is 5.36. The standard InChI is InChI=1S/C23H31NO4/c1-27-20-13-17(18-8-12-24-21(18)22(25)26)6-7-19(20)28-15-16-5-4-11-23(14-16)9-2-3-10-23/h6-7,13-14,18,21,24H,2-5,8-12,15H2,1H3,(H,25,26)/t18?,21-/m0/s1. The molecule has 1 aliphatic heterocycles. The van der Waals surface area contributed by atoms with Crippen molar-refractivity contribution >= 4 is 5.97 Å². The number of aliphatic carboxylic acids is 1. The molecule has 2 atom stereocenters. The molecule has 0 amide bonds. The zero-order valence-electron chi connectivity index (χ0n) is 16.7. The lowest BCUT2D eigenvalue weighted by atomic mass is 9.75. The third-order valence-corrected chi connectivity index (χ3v) is 6.80. The number of allylic oxidation sites excluding steroid dienone is 1. The smallest absolute Gasteiger partial charge is 0.321 e. The van der Waals surface area contributed by atoms with Gasteiger partial charge in [0.2, 0.25) is 0 Å². The first-order valence-corrected chi connectivity index (χ1v) is 10.6. The number of rotatable bonds is 6. The molecule has 1 aromatic rings. The second-order valence-corrected chi connectivity index (χ2v) is 8.59. The van der Waals surface area contributed by atoms with Crippen LogP contribution in [0.15, 0.2) is 29.8 Å². The maximum absolute atomic E-state index is 11.5. The Kier molecular flexibility index (Phi) is 5.63. The van der Waals surface area contributed by atoms with E-state index in [-0.39, 0.29) is 5.92 Å². The molecule has 3 aliphatic rings. The van der Waals surface area contributed by atoms with Crippen LogP contribution in [0.5, 0.6) is 11.5 Å². The number of carboxylic acids is 1. The predicted octanol–water partition coefficient (Wildman–Crippen LogP) is 4.27. The quantitative estimate of drug-likeness (QED) is 0.716. The minimum Gasteiger partial charge on any atom is -0.493 e. The molecular formula is C23H31NO4. The van der Waals surface area contributed by atoms with Crippen molar-refractivity contribution in [3.05, 3.63) is 35.4 Å². The van der Waals surface area contributed by atoms with Crippen LogP contribution in [0.25, 0.3) is 0 Å². The van der Waals surface area contributed by atoms with E-state index in [1.165, 1.54) is 44.1 Å². The van der Waals surface area contributed by atoms with Crippen molar-refractivity contribution in [3.8, 4) is 11.5 Å². The van der Waals surface area contributed by atoms with Crippen LogP contribution < -0.4 is 14.8 Å². The summed E-state index contributed by atoms with van der Waals surface area (Å²) in [4.78, 5) is 11.5. The van der Waals surface area contributed by atoms with Gasteiger partial charge < -0.3 is 19.9 Å². The normalized spacial score (nSPS) is 26.2. The lowest BCUT2D eigenvalue weighted by Crippen LogP contribution is -2.34. The molecule has 1 saturated carbocycles. The van der Waals surface area contributed by atoms with Crippen LogP contribution in [0, 0.1) is 5.41 Å². The summed E-state index contributed by atoms with van der Waals surface area (Å²) in [7, 11) is 1.64. The Balaban J connectivity index is 1.46. The van der Waals surface area contributed by atoms with E-state index in [4.69, 9.17) is 9.47 Å². The SMILES string of the molecule is COc1cc(C2CCN[C@@H]2C(=O)O)ccc1OCC1=CC2(CCCC2)CCC1. The van der Waals surface area contributed by atoms with Crippen molar-refractivity contribution in [3.63, 3.8) is 0 Å². The number of benzene rings is 1. The van der Waals surface area contributed by atoms with Gasteiger partial charge in [0.05, 0.1) is 7.11 Å². The second kappa shape index (κ2) is 8.16. The minimum absolute atomic E-state index is 0.0382. The number of nitrogens with one attached hydrogen (secondary N) is 1. The summed E-state index contributed by atoms with van der Waals surface area (Å²) in [6.07, 6.45) is 12.4. The zero-order valence-corrected chi connectivity index (χ0v) is 16.7. The van der Waals surface area contributed by atoms with Gasteiger partial charge in [-0.05, 0) is 73.8 Å². The number of carbonyl (C=O) groups is 1. The topological polar surface area (TPSA) is 67.8 Å². The summed E-state index contributed by atoms with van der Waals surface area (Å²) >= 11 is 0. The summed E-state index contributed by atoms with van der Waals surface area (Å²) in [6.45, 7) is 1.33. The number of ether oxygens (including phenoxy) is 2. The van der Waals surface area contributed by atoms with Crippen LogP contribution in [0.1, 0.15) is 62.8 Å². The summed E-state index contributed by atoms with van der Waals surface area (Å²) in [5.74, 6) is 0.576. The Morgan fingerprint density at radius 1 is 1.21 bits per heavy atom. The number of carboxylic acid groups (broad SMARTS) is 1. The molecule has 1 aromatic carbocycles. The molecule has 0 aromatic heterocycles. The van der Waals surface area contributed by atoms with Crippen LogP contribution in [0.3, 0.4) is 0 Å². The fraction of sp³-hybridized carbons (Fsp3) is 0.609. The van der Waals surface area contributed by atoms with Gasteiger partial charge in [0.25, 0.3) is 0 Å². The number of hydrogen-bond donors (Lipinski definition) is 2. The Morgan fingerprint density at radius 2 is 2.00 bits per heavy atom. The largest absolute Gasteiger partial charge is 0.493 e. The maximum Gasteiger partial charge on any atom is 0.321 e. The van der Waals surface area contributed by atoms with Gasteiger partial charge in [-0.25, -0.2) is 0 Å². The highest BCUT2D eigenvalue weighted by Gasteiger charge is 2.35. The van der Waals surface area contributed by atoms with Crippen molar-refractivity contribution in [1.82, 2.24) is 5.32 Å². The predicted molar refractivity (Wildman–Crippen MR) is 108 cm³/mol. The van der Waals surface area contributed by atoms with Gasteiger partial charge in [-0.15, -0.1) is 0 Å². The molecule has 2 N–H and O–H groups in total. The van der Waals surface area contributed by atoms with Crippen molar-refractivity contribution in [2.24, 2.45) is 5.41 Å². The van der Waals surface area contributed by atoms with E-state index >= 15 is 0 Å². The molecule has 0 bridgehead atoms. The summed E-state index contributed by atoms with van der Waals surface area (Å²) in [5.41, 5.74) is 2.83. The first kappa shape index (κ1) is 19.3. The van der Waals surface area contributed by atoms with Gasteiger partial charge in [-0.3, -0.25) is 4.79 Å². The van der Waals surface area contributed by atoms with Gasteiger partial charge in [0.15, 0.2) is 11.5 Å².